The Morgan fingerprint density at radius 1 is 0.875 bits per heavy atom. The number of nitrogens with one attached hydrogen (secondary N) is 1. The third kappa shape index (κ3) is 14.5. The Bertz CT molecular complexity index is 1870. The molecule has 0 radical (unpaired) electrons. The highest BCUT2D eigenvalue weighted by molar-refractivity contribution is 5.83. The highest BCUT2D eigenvalue weighted by atomic mass is 16.7. The van der Waals surface area contributed by atoms with E-state index in [9.17, 15) is 34.8 Å². The number of ketones is 1. The first kappa shape index (κ1) is 60.0. The first-order valence-electron chi connectivity index (χ1n) is 26.5. The molecule has 0 unspecified atom stereocenters. The van der Waals surface area contributed by atoms with E-state index in [0.29, 0.717) is 19.5 Å². The number of morpholine rings is 1. The second-order valence-corrected chi connectivity index (χ2v) is 22.0. The minimum atomic E-state index is -2.00. The molecule has 1 aromatic rings. The van der Waals surface area contributed by atoms with E-state index < -0.39 is 114 Å². The summed E-state index contributed by atoms with van der Waals surface area (Å²) in [4.78, 5) is 46.1. The van der Waals surface area contributed by atoms with Gasteiger partial charge in [-0.1, -0.05) is 39.8 Å². The number of aliphatic hydroxyl groups excluding tert-OH is 3. The number of Topliss-reactive ketones (excluding diaryl/α,β-unsaturated/α-hetero) is 1. The average Bonchev–Trinajstić information content (AvgIpc) is 3.36. The summed E-state index contributed by atoms with van der Waals surface area (Å²) in [5, 5.41) is 49.7. The zero-order chi connectivity index (χ0) is 53.3. The van der Waals surface area contributed by atoms with Gasteiger partial charge in [0.1, 0.15) is 29.7 Å². The maximum Gasteiger partial charge on any atom is 0.311 e. The van der Waals surface area contributed by atoms with Crippen molar-refractivity contribution in [1.29, 1.82) is 0 Å². The molecule has 4 heterocycles. The van der Waals surface area contributed by atoms with Crippen LogP contribution in [0.1, 0.15) is 120 Å². The Hall–Kier alpha value is -2.85. The van der Waals surface area contributed by atoms with E-state index in [1.807, 2.05) is 25.8 Å². The Morgan fingerprint density at radius 3 is 2.15 bits per heavy atom. The number of esters is 1. The predicted octanol–water partition coefficient (Wildman–Crippen LogP) is 4.18. The van der Waals surface area contributed by atoms with Crippen LogP contribution in [0, 0.1) is 23.7 Å². The number of amides is 1. The second kappa shape index (κ2) is 26.3. The molecule has 0 aromatic heterocycles. The summed E-state index contributed by atoms with van der Waals surface area (Å²) < 4.78 is 50.1. The number of likely N-dealkylation sites (N-methyl/N-ethyl adjacent to an activating group) is 1. The molecule has 1 amide bonds. The Kier molecular flexibility index (Phi) is 21.9. The molecule has 0 bridgehead atoms. The van der Waals surface area contributed by atoms with Crippen LogP contribution >= 0.6 is 0 Å². The van der Waals surface area contributed by atoms with E-state index in [2.05, 4.69) is 34.5 Å². The Labute approximate surface area is 429 Å². The van der Waals surface area contributed by atoms with Gasteiger partial charge >= 0.3 is 5.97 Å². The van der Waals surface area contributed by atoms with Crippen molar-refractivity contribution >= 4 is 23.3 Å². The Balaban J connectivity index is 1.34. The van der Waals surface area contributed by atoms with Crippen LogP contribution in [0.3, 0.4) is 0 Å². The molecule has 4 aliphatic rings. The summed E-state index contributed by atoms with van der Waals surface area (Å²) in [6.07, 6.45) is -6.84. The summed E-state index contributed by atoms with van der Waals surface area (Å²) in [5.74, 6) is -4.85. The van der Waals surface area contributed by atoms with Crippen molar-refractivity contribution in [3.05, 3.63) is 29.8 Å². The maximum absolute atomic E-state index is 14.4. The Morgan fingerprint density at radius 2 is 1.53 bits per heavy atom. The molecule has 4 aliphatic heterocycles. The van der Waals surface area contributed by atoms with Crippen molar-refractivity contribution < 1.29 is 72.7 Å². The fraction of sp³-hybridized carbons (Fsp3) is 0.833. The van der Waals surface area contributed by atoms with Crippen LogP contribution in [0.15, 0.2) is 24.3 Å². The third-order valence-corrected chi connectivity index (χ3v) is 16.4. The van der Waals surface area contributed by atoms with Crippen LogP contribution in [0.4, 0.5) is 5.69 Å². The zero-order valence-corrected chi connectivity index (χ0v) is 45.5. The summed E-state index contributed by atoms with van der Waals surface area (Å²) >= 11 is 0. The molecule has 4 fully saturated rings. The normalized spacial score (nSPS) is 39.9. The number of benzene rings is 1. The van der Waals surface area contributed by atoms with Crippen molar-refractivity contribution in [2.45, 2.75) is 205 Å². The van der Waals surface area contributed by atoms with Crippen molar-refractivity contribution in [3.63, 3.8) is 0 Å². The molecule has 1 aromatic carbocycles. The first-order valence-corrected chi connectivity index (χ1v) is 26.5. The molecule has 18 nitrogen and oxygen atoms in total. The third-order valence-electron chi connectivity index (χ3n) is 16.4. The van der Waals surface area contributed by atoms with Crippen molar-refractivity contribution in [3.8, 4) is 0 Å². The number of nitrogens with zero attached hydrogens (tertiary/aromatic N) is 2. The van der Waals surface area contributed by atoms with Crippen molar-refractivity contribution in [2.75, 3.05) is 65.6 Å². The lowest BCUT2D eigenvalue weighted by molar-refractivity contribution is -0.319. The monoisotopic (exact) mass is 1020 g/mol. The number of cyclic esters (lactones) is 1. The van der Waals surface area contributed by atoms with Gasteiger partial charge in [-0.05, 0) is 105 Å². The number of aliphatic hydroxyl groups is 4. The molecule has 0 saturated carbocycles. The predicted molar refractivity (Wildman–Crippen MR) is 270 cm³/mol. The SMILES string of the molecule is CC[C@H]1OC(=O)[C@H](C)[C@@H](O[C@H]2C[C@@](C)(OC)[C@@H](O)[C@H](C)O2)[C@H](C)[C@@H](O[C@H]2O[C@H](C)C[C@H](N(C)CCC(=O)NCCCCc3ccc(N4CCOCC4)cc3)[C@H]2O)[C@](C)(OC)C[C@@H](C)C(=O)[C@H](C)[C@@H](O)[C@]1(C)O. The van der Waals surface area contributed by atoms with Gasteiger partial charge in [-0.3, -0.25) is 14.4 Å². The smallest absolute Gasteiger partial charge is 0.311 e. The molecule has 72 heavy (non-hydrogen) atoms. The summed E-state index contributed by atoms with van der Waals surface area (Å²) in [6.45, 7) is 21.2. The van der Waals surface area contributed by atoms with Gasteiger partial charge < -0.3 is 73.4 Å². The van der Waals surface area contributed by atoms with Gasteiger partial charge in [0.25, 0.3) is 0 Å². The molecule has 4 saturated heterocycles. The van der Waals surface area contributed by atoms with Crippen LogP contribution in [-0.4, -0.2) is 188 Å². The van der Waals surface area contributed by atoms with Gasteiger partial charge in [0.05, 0.1) is 60.9 Å². The fourth-order valence-electron chi connectivity index (χ4n) is 11.4. The number of aryl methyl sites for hydroxylation is 1. The van der Waals surface area contributed by atoms with Gasteiger partial charge in [0.15, 0.2) is 12.6 Å². The lowest BCUT2D eigenvalue weighted by atomic mass is 9.74. The second-order valence-electron chi connectivity index (χ2n) is 22.0. The zero-order valence-electron chi connectivity index (χ0n) is 45.5. The lowest BCUT2D eigenvalue weighted by Gasteiger charge is -2.50. The van der Waals surface area contributed by atoms with Gasteiger partial charge in [-0.15, -0.1) is 0 Å². The fourth-order valence-corrected chi connectivity index (χ4v) is 11.4. The van der Waals surface area contributed by atoms with E-state index in [4.69, 9.17) is 37.9 Å². The van der Waals surface area contributed by atoms with E-state index in [-0.39, 0.29) is 37.4 Å². The number of carbonyl (C=O) groups excluding carboxylic acids is 3. The van der Waals surface area contributed by atoms with Crippen LogP contribution in [-0.2, 0) is 58.7 Å². The standard InChI is InChI=1S/C54H91N3O15/c1-14-41-54(10,64)47(61)34(4)44(59)32(2)30-53(9,66-13)49(35(5)46(36(6)50(63)70-41)71-43-31-52(8,65-12)48(62)37(7)69-43)72-51-45(60)40(29-33(3)68-51)56(11)24-22-42(58)55-23-16-15-17-38-18-20-39(21-19-38)57-25-27-67-28-26-57/h18-21,32-37,40-41,43,45-49,51,60-62,64H,14-17,22-31H2,1-13H3,(H,55,58)/t32-,33-,34+,35+,36-,37+,40+,41-,43+,45-,46+,47-,48+,49-,51-,52-,53-,54-/m1/s1. The van der Waals surface area contributed by atoms with Gasteiger partial charge in [0.2, 0.25) is 5.91 Å². The van der Waals surface area contributed by atoms with Crippen LogP contribution < -0.4 is 10.2 Å². The number of rotatable bonds is 17. The number of hydrogen-bond donors (Lipinski definition) is 5. The molecule has 0 spiro atoms. The first-order chi connectivity index (χ1) is 33.9. The number of carbonyl (C=O) groups is 3. The molecule has 412 valence electrons. The molecule has 18 heteroatoms. The molecule has 5 N–H and O–H groups in total. The van der Waals surface area contributed by atoms with E-state index in [0.717, 1.165) is 45.6 Å². The highest BCUT2D eigenvalue weighted by Crippen LogP contribution is 2.42. The van der Waals surface area contributed by atoms with E-state index in [1.54, 1.807) is 48.5 Å². The summed E-state index contributed by atoms with van der Waals surface area (Å²) in [5.41, 5.74) is -1.94. The highest BCUT2D eigenvalue weighted by Gasteiger charge is 2.54. The van der Waals surface area contributed by atoms with Crippen molar-refractivity contribution in [1.82, 2.24) is 10.2 Å². The number of hydrogen-bond acceptors (Lipinski definition) is 17. The molecule has 18 atom stereocenters. The van der Waals surface area contributed by atoms with Gasteiger partial charge in [0, 0.05) is 82.7 Å². The number of anilines is 1. The van der Waals surface area contributed by atoms with E-state index in [1.165, 1.54) is 32.4 Å². The topological polar surface area (TPSA) is 224 Å². The van der Waals surface area contributed by atoms with Crippen LogP contribution in [0.25, 0.3) is 0 Å². The van der Waals surface area contributed by atoms with Gasteiger partial charge in [-0.2, -0.15) is 0 Å². The molecular weight excluding hydrogens is 931 g/mol. The lowest BCUT2D eigenvalue weighted by Crippen LogP contribution is -2.61. The summed E-state index contributed by atoms with van der Waals surface area (Å²) in [6, 6.07) is 8.20. The number of ether oxygens (including phenoxy) is 8. The minimum Gasteiger partial charge on any atom is -0.459 e. The largest absolute Gasteiger partial charge is 0.459 e. The van der Waals surface area contributed by atoms with Crippen LogP contribution in [0.2, 0.25) is 0 Å². The maximum atomic E-state index is 14.4. The average molecular weight is 1020 g/mol. The molecular formula is C54H91N3O15. The van der Waals surface area contributed by atoms with E-state index >= 15 is 0 Å². The summed E-state index contributed by atoms with van der Waals surface area (Å²) in [7, 11) is 4.86. The molecule has 5 rings (SSSR count). The van der Waals surface area contributed by atoms with Crippen molar-refractivity contribution in [2.24, 2.45) is 23.7 Å². The number of methoxy groups -OCH3 is 2. The van der Waals surface area contributed by atoms with Crippen LogP contribution in [0.5, 0.6) is 0 Å². The number of unbranched alkanes of at least 4 members (excludes halogenated alkanes) is 1. The quantitative estimate of drug-likeness (QED) is 0.109. The van der Waals surface area contributed by atoms with Gasteiger partial charge in [-0.25, -0.2) is 0 Å². The molecule has 0 aliphatic carbocycles. The minimum absolute atomic E-state index is 0.0590.